The van der Waals surface area contributed by atoms with E-state index in [0.717, 1.165) is 15.9 Å². The summed E-state index contributed by atoms with van der Waals surface area (Å²) in [5, 5.41) is 14.5. The van der Waals surface area contributed by atoms with Crippen LogP contribution in [0.15, 0.2) is 72.9 Å². The monoisotopic (exact) mass is 346 g/mol. The van der Waals surface area contributed by atoms with E-state index < -0.39 is 0 Å². The molecule has 1 heterocycles. The van der Waals surface area contributed by atoms with Crippen molar-refractivity contribution in [3.63, 3.8) is 0 Å². The van der Waals surface area contributed by atoms with Crippen LogP contribution in [0.2, 0.25) is 0 Å². The van der Waals surface area contributed by atoms with Crippen molar-refractivity contribution in [1.29, 1.82) is 0 Å². The molecule has 1 aromatic heterocycles. The van der Waals surface area contributed by atoms with Crippen LogP contribution in [0.25, 0.3) is 11.1 Å². The van der Waals surface area contributed by atoms with Gasteiger partial charge in [0.25, 0.3) is 5.91 Å². The van der Waals surface area contributed by atoms with Crippen molar-refractivity contribution < 1.29 is 9.52 Å². The zero-order valence-corrected chi connectivity index (χ0v) is 15.0. The van der Waals surface area contributed by atoms with E-state index >= 15 is 0 Å². The molecule has 0 spiro atoms. The van der Waals surface area contributed by atoms with Crippen LogP contribution in [-0.2, 0) is 6.54 Å². The van der Waals surface area contributed by atoms with Crippen molar-refractivity contribution >= 4 is 5.91 Å². The first kappa shape index (κ1) is 17.7. The lowest BCUT2D eigenvalue weighted by Gasteiger charge is -2.10. The largest absolute Gasteiger partial charge is 0.618 e. The van der Waals surface area contributed by atoms with Crippen LogP contribution in [0.1, 0.15) is 41.4 Å². The van der Waals surface area contributed by atoms with Gasteiger partial charge in [-0.25, -0.2) is 0 Å². The summed E-state index contributed by atoms with van der Waals surface area (Å²) in [4.78, 5) is 12.5. The summed E-state index contributed by atoms with van der Waals surface area (Å²) in [6.45, 7) is 4.51. The van der Waals surface area contributed by atoms with Crippen LogP contribution < -0.4 is 10.0 Å². The molecule has 0 aliphatic carbocycles. The molecule has 0 unspecified atom stereocenters. The minimum absolute atomic E-state index is 0.191. The van der Waals surface area contributed by atoms with Gasteiger partial charge in [0.1, 0.15) is 6.54 Å². The van der Waals surface area contributed by atoms with E-state index in [2.05, 4.69) is 31.3 Å². The Labute approximate surface area is 153 Å². The van der Waals surface area contributed by atoms with Crippen LogP contribution in [0.3, 0.4) is 0 Å². The molecule has 1 amide bonds. The highest BCUT2D eigenvalue weighted by atomic mass is 16.5. The Kier molecular flexibility index (Phi) is 5.32. The van der Waals surface area contributed by atoms with Crippen LogP contribution >= 0.6 is 0 Å². The number of rotatable bonds is 5. The first-order valence-corrected chi connectivity index (χ1v) is 8.70. The summed E-state index contributed by atoms with van der Waals surface area (Å²) in [6.07, 6.45) is 1.42. The standard InChI is InChI=1S/C22H22N2O2/c1-16(2)17-7-5-8-18(13-17)19-9-6-10-20(14-19)22(25)23-15-21-11-3-4-12-24(21)26/h3-14,16H,15H2,1-2H3,(H,23,25). The Balaban J connectivity index is 1.77. The number of amides is 1. The van der Waals surface area contributed by atoms with Gasteiger partial charge in [-0.2, -0.15) is 4.73 Å². The fourth-order valence-corrected chi connectivity index (χ4v) is 2.79. The number of aromatic nitrogens is 1. The summed E-state index contributed by atoms with van der Waals surface area (Å²) in [5.41, 5.74) is 4.43. The SMILES string of the molecule is CC(C)c1cccc(-c2cccc(C(=O)NCc3cccc[n+]3[O-])c2)c1. The number of hydrogen-bond acceptors (Lipinski definition) is 2. The van der Waals surface area contributed by atoms with E-state index in [1.807, 2.05) is 30.3 Å². The smallest absolute Gasteiger partial charge is 0.251 e. The molecule has 4 heteroatoms. The molecule has 0 atom stereocenters. The predicted octanol–water partition coefficient (Wildman–Crippen LogP) is 4.04. The van der Waals surface area contributed by atoms with Crippen molar-refractivity contribution in [2.45, 2.75) is 26.3 Å². The number of pyridine rings is 1. The molecule has 0 radical (unpaired) electrons. The number of hydrogen-bond donors (Lipinski definition) is 1. The van der Waals surface area contributed by atoms with Crippen LogP contribution in [0.4, 0.5) is 0 Å². The Bertz CT molecular complexity index is 919. The van der Waals surface area contributed by atoms with Crippen LogP contribution in [-0.4, -0.2) is 5.91 Å². The summed E-state index contributed by atoms with van der Waals surface area (Å²) in [5.74, 6) is 0.252. The summed E-state index contributed by atoms with van der Waals surface area (Å²) < 4.78 is 0.758. The molecular formula is C22H22N2O2. The first-order valence-electron chi connectivity index (χ1n) is 8.70. The fraction of sp³-hybridized carbons (Fsp3) is 0.182. The van der Waals surface area contributed by atoms with Gasteiger partial charge in [0.15, 0.2) is 6.20 Å². The van der Waals surface area contributed by atoms with Gasteiger partial charge in [0.2, 0.25) is 5.69 Å². The normalized spacial score (nSPS) is 10.7. The Hall–Kier alpha value is -3.14. The highest BCUT2D eigenvalue weighted by Crippen LogP contribution is 2.24. The highest BCUT2D eigenvalue weighted by molar-refractivity contribution is 5.95. The summed E-state index contributed by atoms with van der Waals surface area (Å²) in [7, 11) is 0. The minimum atomic E-state index is -0.198. The molecule has 3 aromatic rings. The van der Waals surface area contributed by atoms with Gasteiger partial charge in [0, 0.05) is 17.7 Å². The molecule has 3 rings (SSSR count). The van der Waals surface area contributed by atoms with Crippen molar-refractivity contribution in [1.82, 2.24) is 5.32 Å². The molecule has 0 fully saturated rings. The Morgan fingerprint density at radius 1 is 1.00 bits per heavy atom. The van der Waals surface area contributed by atoms with Crippen molar-refractivity contribution in [3.05, 3.63) is 95.0 Å². The van der Waals surface area contributed by atoms with E-state index in [1.165, 1.54) is 11.8 Å². The molecule has 0 aliphatic rings. The van der Waals surface area contributed by atoms with Crippen LogP contribution in [0.5, 0.6) is 0 Å². The number of carbonyl (C=O) groups excluding carboxylic acids is 1. The predicted molar refractivity (Wildman–Crippen MR) is 103 cm³/mol. The average molecular weight is 346 g/mol. The van der Waals surface area contributed by atoms with E-state index in [-0.39, 0.29) is 12.5 Å². The molecule has 0 bridgehead atoms. The molecule has 1 N–H and O–H groups in total. The average Bonchev–Trinajstić information content (AvgIpc) is 2.67. The quantitative estimate of drug-likeness (QED) is 0.560. The van der Waals surface area contributed by atoms with Crippen molar-refractivity contribution in [2.75, 3.05) is 0 Å². The fourth-order valence-electron chi connectivity index (χ4n) is 2.79. The molecule has 2 aromatic carbocycles. The van der Waals surface area contributed by atoms with E-state index in [0.29, 0.717) is 17.2 Å². The number of nitrogens with zero attached hydrogens (tertiary/aromatic N) is 1. The second kappa shape index (κ2) is 7.83. The lowest BCUT2D eigenvalue weighted by Crippen LogP contribution is -2.35. The van der Waals surface area contributed by atoms with Gasteiger partial charge in [-0.15, -0.1) is 0 Å². The number of benzene rings is 2. The molecular weight excluding hydrogens is 324 g/mol. The van der Waals surface area contributed by atoms with Gasteiger partial charge in [0.05, 0.1) is 0 Å². The third-order valence-electron chi connectivity index (χ3n) is 4.35. The molecule has 4 nitrogen and oxygen atoms in total. The topological polar surface area (TPSA) is 56.0 Å². The third kappa shape index (κ3) is 4.09. The Morgan fingerprint density at radius 3 is 2.46 bits per heavy atom. The van der Waals surface area contributed by atoms with Crippen molar-refractivity contribution in [3.8, 4) is 11.1 Å². The molecule has 0 saturated heterocycles. The maximum absolute atomic E-state index is 12.5. The zero-order valence-electron chi connectivity index (χ0n) is 15.0. The van der Waals surface area contributed by atoms with Gasteiger partial charge in [-0.1, -0.05) is 50.2 Å². The molecule has 0 aliphatic heterocycles. The van der Waals surface area contributed by atoms with Gasteiger partial charge < -0.3 is 10.5 Å². The molecule has 26 heavy (non-hydrogen) atoms. The minimum Gasteiger partial charge on any atom is -0.618 e. The first-order chi connectivity index (χ1) is 12.5. The molecule has 0 saturated carbocycles. The number of nitrogens with one attached hydrogen (secondary N) is 1. The Morgan fingerprint density at radius 2 is 1.73 bits per heavy atom. The van der Waals surface area contributed by atoms with E-state index in [9.17, 15) is 10.0 Å². The lowest BCUT2D eigenvalue weighted by molar-refractivity contribution is -0.614. The summed E-state index contributed by atoms with van der Waals surface area (Å²) in [6, 6.07) is 21.0. The zero-order chi connectivity index (χ0) is 18.5. The van der Waals surface area contributed by atoms with Crippen LogP contribution in [0, 0.1) is 5.21 Å². The second-order valence-electron chi connectivity index (χ2n) is 6.56. The summed E-state index contributed by atoms with van der Waals surface area (Å²) >= 11 is 0. The maximum Gasteiger partial charge on any atom is 0.251 e. The second-order valence-corrected chi connectivity index (χ2v) is 6.56. The lowest BCUT2D eigenvalue weighted by atomic mass is 9.96. The number of carbonyl (C=O) groups is 1. The van der Waals surface area contributed by atoms with Gasteiger partial charge in [-0.05, 0) is 40.8 Å². The van der Waals surface area contributed by atoms with E-state index in [1.54, 1.807) is 24.3 Å². The maximum atomic E-state index is 12.5. The van der Waals surface area contributed by atoms with Gasteiger partial charge in [-0.3, -0.25) is 4.79 Å². The van der Waals surface area contributed by atoms with Gasteiger partial charge >= 0.3 is 0 Å². The highest BCUT2D eigenvalue weighted by Gasteiger charge is 2.10. The van der Waals surface area contributed by atoms with Crippen molar-refractivity contribution in [2.24, 2.45) is 0 Å². The van der Waals surface area contributed by atoms with E-state index in [4.69, 9.17) is 0 Å². The molecule has 132 valence electrons. The third-order valence-corrected chi connectivity index (χ3v) is 4.35.